The van der Waals surface area contributed by atoms with Crippen molar-refractivity contribution in [3.63, 3.8) is 0 Å². The lowest BCUT2D eigenvalue weighted by atomic mass is 10.00. The molecule has 9 heteroatoms. The second kappa shape index (κ2) is 5.18. The van der Waals surface area contributed by atoms with E-state index in [-0.39, 0.29) is 5.82 Å². The molecule has 1 aliphatic rings. The summed E-state index contributed by atoms with van der Waals surface area (Å²) in [6.07, 6.45) is -4.62. The molecule has 1 aromatic rings. The quantitative estimate of drug-likeness (QED) is 0.672. The Morgan fingerprint density at radius 2 is 1.71 bits per heavy atom. The van der Waals surface area contributed by atoms with Crippen LogP contribution in [-0.2, 0) is 15.8 Å². The van der Waals surface area contributed by atoms with Gasteiger partial charge in [0.05, 0.1) is 5.56 Å². The van der Waals surface area contributed by atoms with E-state index in [1.54, 1.807) is 13.8 Å². The maximum absolute atomic E-state index is 12.5. The van der Waals surface area contributed by atoms with Crippen LogP contribution in [-0.4, -0.2) is 21.8 Å². The number of anilines is 1. The van der Waals surface area contributed by atoms with Gasteiger partial charge in [-0.15, -0.1) is 0 Å². The highest BCUT2D eigenvalue weighted by Gasteiger charge is 2.43. The molecule has 1 N–H and O–H groups in total. The summed E-state index contributed by atoms with van der Waals surface area (Å²) in [5.41, 5.74) is 1.30. The van der Waals surface area contributed by atoms with Crippen LogP contribution in [0.5, 0.6) is 0 Å². The number of nitrogens with zero attached hydrogens (tertiary/aromatic N) is 2. The number of carbonyl (C=O) groups is 2. The number of aromatic nitrogens is 1. The van der Waals surface area contributed by atoms with Gasteiger partial charge in [-0.3, -0.25) is 15.0 Å². The fourth-order valence-electron chi connectivity index (χ4n) is 1.88. The average molecular weight is 322 g/mol. The van der Waals surface area contributed by atoms with Gasteiger partial charge in [-0.25, -0.2) is 4.98 Å². The Labute approximate surface area is 123 Å². The van der Waals surface area contributed by atoms with Crippen molar-refractivity contribution < 1.29 is 22.8 Å². The lowest BCUT2D eigenvalue weighted by molar-refractivity contribution is -0.139. The zero-order valence-corrected chi connectivity index (χ0v) is 11.8. The predicted octanol–water partition coefficient (Wildman–Crippen LogP) is 2.72. The van der Waals surface area contributed by atoms with Crippen molar-refractivity contribution in [1.29, 1.82) is 0 Å². The van der Waals surface area contributed by atoms with Gasteiger partial charge in [0.1, 0.15) is 11.0 Å². The molecular weight excluding hydrogens is 311 g/mol. The van der Waals surface area contributed by atoms with Crippen molar-refractivity contribution >= 4 is 29.2 Å². The second-order valence-electron chi connectivity index (χ2n) is 4.73. The van der Waals surface area contributed by atoms with Gasteiger partial charge in [0.2, 0.25) is 0 Å². The normalized spacial score (nSPS) is 22.9. The Kier molecular flexibility index (Phi) is 3.83. The van der Waals surface area contributed by atoms with E-state index in [0.29, 0.717) is 0 Å². The first-order chi connectivity index (χ1) is 9.62. The largest absolute Gasteiger partial charge is 0.419 e. The van der Waals surface area contributed by atoms with Crippen LogP contribution in [0.25, 0.3) is 0 Å². The van der Waals surface area contributed by atoms with E-state index in [2.05, 4.69) is 10.4 Å². The molecule has 1 saturated heterocycles. The topological polar surface area (TPSA) is 62.3 Å². The average Bonchev–Trinajstić information content (AvgIpc) is 2.55. The Hall–Kier alpha value is -1.83. The molecule has 2 atom stereocenters. The number of amides is 2. The highest BCUT2D eigenvalue weighted by molar-refractivity contribution is 6.30. The molecule has 2 heterocycles. The summed E-state index contributed by atoms with van der Waals surface area (Å²) < 4.78 is 37.6. The van der Waals surface area contributed by atoms with Crippen molar-refractivity contribution in [3.05, 3.63) is 22.8 Å². The molecule has 0 saturated carbocycles. The molecule has 21 heavy (non-hydrogen) atoms. The molecule has 2 rings (SSSR count). The predicted molar refractivity (Wildman–Crippen MR) is 68.1 cm³/mol. The number of halogens is 4. The third-order valence-corrected chi connectivity index (χ3v) is 3.64. The second-order valence-corrected chi connectivity index (χ2v) is 5.09. The number of hydrazine groups is 1. The molecule has 2 amide bonds. The molecule has 0 bridgehead atoms. The van der Waals surface area contributed by atoms with Crippen LogP contribution in [0.2, 0.25) is 5.15 Å². The minimum Gasteiger partial charge on any atom is -0.272 e. The number of nitrogens with one attached hydrogen (secondary N) is 1. The lowest BCUT2D eigenvalue weighted by Crippen LogP contribution is -2.36. The van der Waals surface area contributed by atoms with E-state index in [1.165, 1.54) is 0 Å². The summed E-state index contributed by atoms with van der Waals surface area (Å²) in [4.78, 5) is 27.2. The molecule has 1 aliphatic heterocycles. The van der Waals surface area contributed by atoms with Gasteiger partial charge in [-0.05, 0) is 12.1 Å². The number of imide groups is 1. The van der Waals surface area contributed by atoms with Crippen molar-refractivity contribution in [2.45, 2.75) is 20.0 Å². The summed E-state index contributed by atoms with van der Waals surface area (Å²) in [5, 5.41) is -0.00552. The lowest BCUT2D eigenvalue weighted by Gasteiger charge is -2.17. The Bertz CT molecular complexity index is 586. The van der Waals surface area contributed by atoms with E-state index >= 15 is 0 Å². The standard InChI is InChI=1S/C12H11ClF3N3O2/c1-5-6(2)11(21)19(10(5)20)18-8-4-3-7(9(13)17-8)12(14,15)16/h3-6H,1-2H3,(H,17,18). The van der Waals surface area contributed by atoms with Crippen LogP contribution in [0.15, 0.2) is 12.1 Å². The molecule has 5 nitrogen and oxygen atoms in total. The Morgan fingerprint density at radius 3 is 2.14 bits per heavy atom. The fraction of sp³-hybridized carbons (Fsp3) is 0.417. The first kappa shape index (κ1) is 15.6. The van der Waals surface area contributed by atoms with Crippen molar-refractivity contribution in [2.75, 3.05) is 5.43 Å². The Morgan fingerprint density at radius 1 is 1.19 bits per heavy atom. The van der Waals surface area contributed by atoms with Crippen LogP contribution in [0, 0.1) is 11.8 Å². The maximum atomic E-state index is 12.5. The van der Waals surface area contributed by atoms with Crippen LogP contribution in [0.1, 0.15) is 19.4 Å². The summed E-state index contributed by atoms with van der Waals surface area (Å²) in [6, 6.07) is 1.73. The van der Waals surface area contributed by atoms with Gasteiger partial charge in [0, 0.05) is 11.8 Å². The Balaban J connectivity index is 2.24. The highest BCUT2D eigenvalue weighted by Crippen LogP contribution is 2.34. The highest BCUT2D eigenvalue weighted by atomic mass is 35.5. The zero-order valence-electron chi connectivity index (χ0n) is 11.0. The molecular formula is C12H11ClF3N3O2. The molecule has 0 spiro atoms. The number of carbonyl (C=O) groups excluding carboxylic acids is 2. The summed E-state index contributed by atoms with van der Waals surface area (Å²) in [5.74, 6) is -2.06. The molecule has 0 aromatic carbocycles. The minimum atomic E-state index is -4.62. The SMILES string of the molecule is CC1C(=O)N(Nc2ccc(C(F)(F)F)c(Cl)n2)C(=O)C1C. The molecule has 2 unspecified atom stereocenters. The zero-order chi connectivity index (χ0) is 15.9. The number of pyridine rings is 1. The first-order valence-electron chi connectivity index (χ1n) is 6.01. The summed E-state index contributed by atoms with van der Waals surface area (Å²) >= 11 is 5.47. The first-order valence-corrected chi connectivity index (χ1v) is 6.39. The number of hydrogen-bond acceptors (Lipinski definition) is 4. The van der Waals surface area contributed by atoms with Gasteiger partial charge in [0.25, 0.3) is 11.8 Å². The molecule has 0 radical (unpaired) electrons. The van der Waals surface area contributed by atoms with Crippen molar-refractivity contribution in [2.24, 2.45) is 11.8 Å². The van der Waals surface area contributed by atoms with Gasteiger partial charge >= 0.3 is 6.18 Å². The number of alkyl halides is 3. The number of hydrogen-bond donors (Lipinski definition) is 1. The van der Waals surface area contributed by atoms with Crippen LogP contribution >= 0.6 is 11.6 Å². The minimum absolute atomic E-state index is 0.115. The molecule has 0 aliphatic carbocycles. The monoisotopic (exact) mass is 321 g/mol. The van der Waals surface area contributed by atoms with Crippen molar-refractivity contribution in [3.8, 4) is 0 Å². The van der Waals surface area contributed by atoms with Gasteiger partial charge < -0.3 is 0 Å². The van der Waals surface area contributed by atoms with E-state index in [1.807, 2.05) is 0 Å². The third-order valence-electron chi connectivity index (χ3n) is 3.35. The summed E-state index contributed by atoms with van der Waals surface area (Å²) in [6.45, 7) is 3.19. The third kappa shape index (κ3) is 2.80. The molecule has 1 fully saturated rings. The van der Waals surface area contributed by atoms with Gasteiger partial charge in [0.15, 0.2) is 0 Å². The molecule has 1 aromatic heterocycles. The molecule has 114 valence electrons. The van der Waals surface area contributed by atoms with Gasteiger partial charge in [-0.2, -0.15) is 18.2 Å². The van der Waals surface area contributed by atoms with E-state index < -0.39 is 40.5 Å². The van der Waals surface area contributed by atoms with Gasteiger partial charge in [-0.1, -0.05) is 25.4 Å². The maximum Gasteiger partial charge on any atom is 0.419 e. The van der Waals surface area contributed by atoms with E-state index in [0.717, 1.165) is 17.1 Å². The fourth-order valence-corrected chi connectivity index (χ4v) is 2.14. The smallest absolute Gasteiger partial charge is 0.272 e. The van der Waals surface area contributed by atoms with Crippen LogP contribution in [0.4, 0.5) is 19.0 Å². The van der Waals surface area contributed by atoms with Crippen LogP contribution in [0.3, 0.4) is 0 Å². The summed E-state index contributed by atoms with van der Waals surface area (Å²) in [7, 11) is 0. The van der Waals surface area contributed by atoms with E-state index in [4.69, 9.17) is 11.6 Å². The van der Waals surface area contributed by atoms with Crippen LogP contribution < -0.4 is 5.43 Å². The van der Waals surface area contributed by atoms with Crippen molar-refractivity contribution in [1.82, 2.24) is 9.99 Å². The number of rotatable bonds is 2. The van der Waals surface area contributed by atoms with E-state index in [9.17, 15) is 22.8 Å².